The fourth-order valence-corrected chi connectivity index (χ4v) is 1.47. The van der Waals surface area contributed by atoms with Crippen LogP contribution in [0, 0.1) is 0 Å². The molecule has 0 spiro atoms. The summed E-state index contributed by atoms with van der Waals surface area (Å²) < 4.78 is 61.4. The molecule has 0 saturated carbocycles. The van der Waals surface area contributed by atoms with E-state index in [2.05, 4.69) is 15.9 Å². The van der Waals surface area contributed by atoms with Crippen molar-refractivity contribution in [3.8, 4) is 0 Å². The summed E-state index contributed by atoms with van der Waals surface area (Å²) in [6, 6.07) is 4.42. The van der Waals surface area contributed by atoms with Gasteiger partial charge in [0.05, 0.1) is 11.3 Å². The van der Waals surface area contributed by atoms with Gasteiger partial charge in [-0.3, -0.25) is 5.01 Å². The number of nitrogens with zero attached hydrogens (tertiary/aromatic N) is 2. The highest BCUT2D eigenvalue weighted by Gasteiger charge is 2.31. The van der Waals surface area contributed by atoms with Gasteiger partial charge in [0.15, 0.2) is 0 Å². The number of alkyl halides is 5. The highest BCUT2D eigenvalue weighted by Crippen LogP contribution is 2.31. The largest absolute Gasteiger partial charge is 0.416 e. The Balaban J connectivity index is 2.07. The van der Waals surface area contributed by atoms with Crippen molar-refractivity contribution in [2.24, 2.45) is 0 Å². The Morgan fingerprint density at radius 1 is 1.21 bits per heavy atom. The van der Waals surface area contributed by atoms with Gasteiger partial charge in [0.2, 0.25) is 0 Å². The zero-order chi connectivity index (χ0) is 14.0. The van der Waals surface area contributed by atoms with Crippen LogP contribution in [0.4, 0.5) is 27.6 Å². The summed E-state index contributed by atoms with van der Waals surface area (Å²) in [5.74, 6) is 0. The van der Waals surface area contributed by atoms with Gasteiger partial charge in [-0.05, 0) is 18.2 Å². The first-order chi connectivity index (χ1) is 8.86. The predicted octanol–water partition coefficient (Wildman–Crippen LogP) is 1.86. The van der Waals surface area contributed by atoms with Crippen molar-refractivity contribution in [1.29, 1.82) is 0 Å². The van der Waals surface area contributed by atoms with Crippen molar-refractivity contribution in [3.63, 3.8) is 0 Å². The van der Waals surface area contributed by atoms with E-state index in [9.17, 15) is 22.0 Å². The van der Waals surface area contributed by atoms with E-state index in [0.29, 0.717) is 5.17 Å². The molecule has 19 heavy (non-hydrogen) atoms. The molecular formula is C9H9F5N4O. The second-order valence-electron chi connectivity index (χ2n) is 3.59. The molecule has 2 rings (SSSR count). The molecule has 2 N–H and O–H groups in total. The van der Waals surface area contributed by atoms with E-state index in [4.69, 9.17) is 0 Å². The Bertz CT molecular complexity index is 441. The number of hydroxylamine groups is 1. The average Bonchev–Trinajstić information content (AvgIpc) is 2.76. The smallest absolute Gasteiger partial charge is 0.276 e. The zero-order valence-electron chi connectivity index (χ0n) is 9.29. The zero-order valence-corrected chi connectivity index (χ0v) is 9.29. The molecule has 0 aliphatic carbocycles. The molecule has 0 bridgehead atoms. The molecule has 0 unspecified atom stereocenters. The molecular weight excluding hydrogens is 275 g/mol. The Labute approximate surface area is 104 Å². The molecule has 0 atom stereocenters. The molecule has 1 aliphatic rings. The molecule has 0 aromatic heterocycles. The van der Waals surface area contributed by atoms with Crippen LogP contribution in [0.1, 0.15) is 5.56 Å². The number of hydrogen-bond donors (Lipinski definition) is 2. The summed E-state index contributed by atoms with van der Waals surface area (Å²) in [5.41, 5.74) is 3.93. The third-order valence-corrected chi connectivity index (χ3v) is 2.27. The fourth-order valence-electron chi connectivity index (χ4n) is 1.47. The molecule has 1 fully saturated rings. The second-order valence-corrected chi connectivity index (χ2v) is 3.59. The normalized spacial score (nSPS) is 17.5. The minimum absolute atomic E-state index is 0.155. The van der Waals surface area contributed by atoms with E-state index in [-0.39, 0.29) is 12.4 Å². The Morgan fingerprint density at radius 2 is 1.95 bits per heavy atom. The number of hydrogen-bond acceptors (Lipinski definition) is 5. The van der Waals surface area contributed by atoms with Gasteiger partial charge < -0.3 is 0 Å². The lowest BCUT2D eigenvalue weighted by Gasteiger charge is -2.17. The lowest BCUT2D eigenvalue weighted by molar-refractivity contribution is -0.296. The quantitative estimate of drug-likeness (QED) is 0.829. The molecule has 0 amide bonds. The molecule has 106 valence electrons. The molecule has 0 radical (unpaired) electrons. The van der Waals surface area contributed by atoms with Crippen molar-refractivity contribution in [3.05, 3.63) is 29.8 Å². The highest BCUT2D eigenvalue weighted by atomic mass is 19.4. The number of benzene rings is 1. The van der Waals surface area contributed by atoms with Gasteiger partial charge in [-0.25, -0.2) is 4.84 Å². The maximum absolute atomic E-state index is 12.5. The maximum atomic E-state index is 12.5. The van der Waals surface area contributed by atoms with Crippen LogP contribution in [0.2, 0.25) is 0 Å². The summed E-state index contributed by atoms with van der Waals surface area (Å²) in [5, 5.41) is 1.84. The van der Waals surface area contributed by atoms with Crippen LogP contribution in [0.5, 0.6) is 0 Å². The number of anilines is 1. The molecule has 1 aliphatic heterocycles. The SMILES string of the molecule is FC(F)ON1CN(c2cccc(C(F)(F)F)c2)NN1. The first-order valence-electron chi connectivity index (χ1n) is 5.05. The second kappa shape index (κ2) is 5.25. The van der Waals surface area contributed by atoms with E-state index in [0.717, 1.165) is 12.1 Å². The van der Waals surface area contributed by atoms with Gasteiger partial charge in [0.25, 0.3) is 0 Å². The summed E-state index contributed by atoms with van der Waals surface area (Å²) >= 11 is 0. The molecule has 1 heterocycles. The highest BCUT2D eigenvalue weighted by molar-refractivity contribution is 5.48. The predicted molar refractivity (Wildman–Crippen MR) is 54.0 cm³/mol. The Morgan fingerprint density at radius 3 is 2.58 bits per heavy atom. The summed E-state index contributed by atoms with van der Waals surface area (Å²) in [6.45, 7) is -3.25. The first-order valence-corrected chi connectivity index (χ1v) is 5.05. The van der Waals surface area contributed by atoms with Crippen molar-refractivity contribution in [1.82, 2.24) is 16.2 Å². The number of nitrogens with one attached hydrogen (secondary N) is 2. The van der Waals surface area contributed by atoms with Crippen LogP contribution in [-0.4, -0.2) is 18.5 Å². The van der Waals surface area contributed by atoms with Crippen LogP contribution < -0.4 is 16.1 Å². The number of rotatable bonds is 3. The van der Waals surface area contributed by atoms with Crippen LogP contribution in [-0.2, 0) is 11.0 Å². The third kappa shape index (κ3) is 3.50. The average molecular weight is 284 g/mol. The van der Waals surface area contributed by atoms with Crippen LogP contribution in [0.25, 0.3) is 0 Å². The van der Waals surface area contributed by atoms with Crippen LogP contribution >= 0.6 is 0 Å². The molecule has 10 heteroatoms. The lowest BCUT2D eigenvalue weighted by atomic mass is 10.2. The Hall–Kier alpha value is -1.49. The molecule has 1 aromatic rings. The first kappa shape index (κ1) is 13.9. The van der Waals surface area contributed by atoms with Gasteiger partial charge >= 0.3 is 12.8 Å². The van der Waals surface area contributed by atoms with Crippen molar-refractivity contribution >= 4 is 5.69 Å². The summed E-state index contributed by atoms with van der Waals surface area (Å²) in [7, 11) is 0. The van der Waals surface area contributed by atoms with Crippen LogP contribution in [0.3, 0.4) is 0 Å². The van der Waals surface area contributed by atoms with E-state index in [1.54, 1.807) is 0 Å². The number of hydrazine groups is 3. The molecule has 5 nitrogen and oxygen atoms in total. The van der Waals surface area contributed by atoms with E-state index < -0.39 is 18.4 Å². The van der Waals surface area contributed by atoms with Crippen molar-refractivity contribution < 1.29 is 26.8 Å². The standard InChI is InChI=1S/C9H9F5N4O/c10-8(11)19-18-5-17(15-16-18)7-3-1-2-6(4-7)9(12,13)14/h1-4,8,15-16H,5H2. The topological polar surface area (TPSA) is 39.8 Å². The third-order valence-electron chi connectivity index (χ3n) is 2.27. The number of halogens is 5. The van der Waals surface area contributed by atoms with E-state index in [1.165, 1.54) is 17.1 Å². The van der Waals surface area contributed by atoms with Crippen molar-refractivity contribution in [2.75, 3.05) is 11.7 Å². The molecule has 1 saturated heterocycles. The minimum Gasteiger partial charge on any atom is -0.276 e. The van der Waals surface area contributed by atoms with E-state index >= 15 is 0 Å². The monoisotopic (exact) mass is 284 g/mol. The minimum atomic E-state index is -4.47. The fraction of sp³-hybridized carbons (Fsp3) is 0.333. The van der Waals surface area contributed by atoms with Gasteiger partial charge in [-0.1, -0.05) is 11.2 Å². The van der Waals surface area contributed by atoms with Gasteiger partial charge in [0, 0.05) is 0 Å². The summed E-state index contributed by atoms with van der Waals surface area (Å²) in [4.78, 5) is 4.02. The Kier molecular flexibility index (Phi) is 3.85. The van der Waals surface area contributed by atoms with Gasteiger partial charge in [-0.15, -0.1) is 5.53 Å². The van der Waals surface area contributed by atoms with Gasteiger partial charge in [-0.2, -0.15) is 27.5 Å². The van der Waals surface area contributed by atoms with Crippen LogP contribution in [0.15, 0.2) is 24.3 Å². The van der Waals surface area contributed by atoms with Crippen molar-refractivity contribution in [2.45, 2.75) is 12.8 Å². The lowest BCUT2D eigenvalue weighted by Crippen LogP contribution is -2.39. The van der Waals surface area contributed by atoms with Gasteiger partial charge in [0.1, 0.15) is 6.67 Å². The molecule has 1 aromatic carbocycles. The van der Waals surface area contributed by atoms with E-state index in [1.807, 2.05) is 0 Å². The summed E-state index contributed by atoms with van der Waals surface area (Å²) in [6.07, 6.45) is -4.47. The maximum Gasteiger partial charge on any atom is 0.416 e.